The lowest BCUT2D eigenvalue weighted by atomic mass is 10.1. The average molecular weight is 538 g/mol. The van der Waals surface area contributed by atoms with Crippen molar-refractivity contribution in [3.05, 3.63) is 88.9 Å². The minimum absolute atomic E-state index is 0.000976. The molecule has 1 fully saturated rings. The summed E-state index contributed by atoms with van der Waals surface area (Å²) in [6.07, 6.45) is 0.672. The maximum Gasteiger partial charge on any atom is 0.256 e. The predicted molar refractivity (Wildman–Crippen MR) is 141 cm³/mol. The van der Waals surface area contributed by atoms with E-state index in [1.807, 2.05) is 71.6 Å². The average Bonchev–Trinajstić information content (AvgIpc) is 3.08. The molecular formula is C26H24BrN3O3S. The zero-order valence-corrected chi connectivity index (χ0v) is 21.0. The number of methoxy groups -OCH3 is 1. The summed E-state index contributed by atoms with van der Waals surface area (Å²) in [5.74, 6) is 0.345. The molecule has 0 radical (unpaired) electrons. The summed E-state index contributed by atoms with van der Waals surface area (Å²) >= 11 is 9.11. The van der Waals surface area contributed by atoms with Crippen molar-refractivity contribution in [1.82, 2.24) is 4.90 Å². The van der Waals surface area contributed by atoms with Gasteiger partial charge < -0.3 is 15.0 Å². The number of para-hydroxylation sites is 1. The molecule has 0 aliphatic carbocycles. The van der Waals surface area contributed by atoms with Crippen LogP contribution < -0.4 is 15.0 Å². The smallest absolute Gasteiger partial charge is 0.256 e. The predicted octanol–water partition coefficient (Wildman–Crippen LogP) is 5.03. The van der Waals surface area contributed by atoms with Crippen LogP contribution in [0.1, 0.15) is 12.0 Å². The van der Waals surface area contributed by atoms with Gasteiger partial charge in [0.05, 0.1) is 19.2 Å². The van der Waals surface area contributed by atoms with Gasteiger partial charge in [0.15, 0.2) is 5.11 Å². The van der Waals surface area contributed by atoms with Crippen LogP contribution in [0.2, 0.25) is 0 Å². The molecule has 8 heteroatoms. The standard InChI is InChI=1S/C26H24BrN3O3S/c1-33-22-13-7-18(8-14-22)15-16-29-23(17-24(31)28-20-11-9-19(27)10-12-20)25(32)30(26(29)34)21-5-3-2-4-6-21/h2-14,23H,15-17H2,1H3,(H,28,31). The molecule has 1 aliphatic rings. The zero-order valence-electron chi connectivity index (χ0n) is 18.6. The minimum Gasteiger partial charge on any atom is -0.497 e. The Balaban J connectivity index is 1.53. The molecule has 1 atom stereocenters. The molecule has 4 rings (SSSR count). The van der Waals surface area contributed by atoms with Crippen LogP contribution in [-0.4, -0.2) is 41.5 Å². The first-order valence-electron chi connectivity index (χ1n) is 10.8. The monoisotopic (exact) mass is 537 g/mol. The number of carbonyl (C=O) groups is 2. The highest BCUT2D eigenvalue weighted by molar-refractivity contribution is 9.10. The lowest BCUT2D eigenvalue weighted by Crippen LogP contribution is -2.39. The van der Waals surface area contributed by atoms with E-state index in [1.165, 1.54) is 4.90 Å². The molecule has 3 aromatic rings. The summed E-state index contributed by atoms with van der Waals surface area (Å²) in [6, 6.07) is 23.7. The Bertz CT molecular complexity index is 1170. The fourth-order valence-electron chi connectivity index (χ4n) is 3.86. The Kier molecular flexibility index (Phi) is 7.59. The van der Waals surface area contributed by atoms with Gasteiger partial charge in [0.1, 0.15) is 11.8 Å². The summed E-state index contributed by atoms with van der Waals surface area (Å²) in [5, 5.41) is 3.29. The number of rotatable bonds is 8. The lowest BCUT2D eigenvalue weighted by Gasteiger charge is -2.24. The first-order chi connectivity index (χ1) is 16.5. The van der Waals surface area contributed by atoms with Crippen LogP contribution in [0.15, 0.2) is 83.3 Å². The number of halogens is 1. The third kappa shape index (κ3) is 5.46. The van der Waals surface area contributed by atoms with Crippen LogP contribution in [-0.2, 0) is 16.0 Å². The molecule has 0 saturated carbocycles. The van der Waals surface area contributed by atoms with Crippen LogP contribution in [0.3, 0.4) is 0 Å². The normalized spacial score (nSPS) is 15.5. The lowest BCUT2D eigenvalue weighted by molar-refractivity contribution is -0.124. The Labute approximate surface area is 212 Å². The van der Waals surface area contributed by atoms with Crippen molar-refractivity contribution in [3.8, 4) is 5.75 Å². The zero-order chi connectivity index (χ0) is 24.1. The van der Waals surface area contributed by atoms with Crippen molar-refractivity contribution in [3.63, 3.8) is 0 Å². The van der Waals surface area contributed by atoms with Crippen LogP contribution in [0.5, 0.6) is 5.75 Å². The van der Waals surface area contributed by atoms with E-state index in [1.54, 1.807) is 19.2 Å². The summed E-state index contributed by atoms with van der Waals surface area (Å²) in [5.41, 5.74) is 2.46. The molecule has 0 bridgehead atoms. The first kappa shape index (κ1) is 23.9. The van der Waals surface area contributed by atoms with E-state index in [4.69, 9.17) is 17.0 Å². The Morgan fingerprint density at radius 1 is 1.03 bits per heavy atom. The van der Waals surface area contributed by atoms with E-state index >= 15 is 0 Å². The SMILES string of the molecule is COc1ccc(CCN2C(=S)N(c3ccccc3)C(=O)C2CC(=O)Nc2ccc(Br)cc2)cc1. The molecule has 1 unspecified atom stereocenters. The fourth-order valence-corrected chi connectivity index (χ4v) is 4.54. The number of carbonyl (C=O) groups excluding carboxylic acids is 2. The third-order valence-electron chi connectivity index (χ3n) is 5.64. The molecule has 3 aromatic carbocycles. The van der Waals surface area contributed by atoms with E-state index in [-0.39, 0.29) is 18.2 Å². The van der Waals surface area contributed by atoms with Gasteiger partial charge in [0.2, 0.25) is 5.91 Å². The van der Waals surface area contributed by atoms with E-state index in [2.05, 4.69) is 21.2 Å². The molecule has 0 aromatic heterocycles. The minimum atomic E-state index is -0.679. The van der Waals surface area contributed by atoms with Gasteiger partial charge in [-0.3, -0.25) is 14.5 Å². The van der Waals surface area contributed by atoms with Crippen molar-refractivity contribution in [2.75, 3.05) is 23.9 Å². The highest BCUT2D eigenvalue weighted by atomic mass is 79.9. The van der Waals surface area contributed by atoms with Gasteiger partial charge in [-0.05, 0) is 72.7 Å². The second kappa shape index (κ2) is 10.8. The fraction of sp³-hybridized carbons (Fsp3) is 0.192. The molecule has 1 aliphatic heterocycles. The number of ether oxygens (including phenoxy) is 1. The maximum atomic E-state index is 13.4. The molecular weight excluding hydrogens is 514 g/mol. The van der Waals surface area contributed by atoms with Crippen molar-refractivity contribution in [2.45, 2.75) is 18.9 Å². The Hall–Kier alpha value is -3.23. The quantitative estimate of drug-likeness (QED) is 0.408. The number of hydrogen-bond acceptors (Lipinski definition) is 4. The van der Waals surface area contributed by atoms with E-state index in [0.29, 0.717) is 29.5 Å². The molecule has 174 valence electrons. The molecule has 2 amide bonds. The molecule has 1 heterocycles. The van der Waals surface area contributed by atoms with Crippen molar-refractivity contribution >= 4 is 56.4 Å². The highest BCUT2D eigenvalue weighted by Gasteiger charge is 2.43. The molecule has 34 heavy (non-hydrogen) atoms. The number of thiocarbonyl (C=S) groups is 1. The number of benzene rings is 3. The third-order valence-corrected chi connectivity index (χ3v) is 6.59. The number of amides is 2. The highest BCUT2D eigenvalue weighted by Crippen LogP contribution is 2.28. The molecule has 6 nitrogen and oxygen atoms in total. The van der Waals surface area contributed by atoms with Crippen LogP contribution in [0.4, 0.5) is 11.4 Å². The van der Waals surface area contributed by atoms with Gasteiger partial charge in [0, 0.05) is 16.7 Å². The second-order valence-electron chi connectivity index (χ2n) is 7.86. The van der Waals surface area contributed by atoms with E-state index in [9.17, 15) is 9.59 Å². The van der Waals surface area contributed by atoms with Crippen LogP contribution >= 0.6 is 28.1 Å². The van der Waals surface area contributed by atoms with Gasteiger partial charge in [0.25, 0.3) is 5.91 Å². The van der Waals surface area contributed by atoms with Gasteiger partial charge in [-0.25, -0.2) is 0 Å². The first-order valence-corrected chi connectivity index (χ1v) is 12.0. The molecule has 1 N–H and O–H groups in total. The van der Waals surface area contributed by atoms with E-state index in [0.717, 1.165) is 15.8 Å². The van der Waals surface area contributed by atoms with Gasteiger partial charge in [-0.2, -0.15) is 0 Å². The van der Waals surface area contributed by atoms with Crippen LogP contribution in [0.25, 0.3) is 0 Å². The second-order valence-corrected chi connectivity index (χ2v) is 9.14. The van der Waals surface area contributed by atoms with Crippen LogP contribution in [0, 0.1) is 0 Å². The molecule has 0 spiro atoms. The largest absolute Gasteiger partial charge is 0.497 e. The van der Waals surface area contributed by atoms with E-state index < -0.39 is 6.04 Å². The van der Waals surface area contributed by atoms with Crippen molar-refractivity contribution < 1.29 is 14.3 Å². The Morgan fingerprint density at radius 2 is 1.71 bits per heavy atom. The number of nitrogens with zero attached hydrogens (tertiary/aromatic N) is 2. The summed E-state index contributed by atoms with van der Waals surface area (Å²) in [6.45, 7) is 0.510. The summed E-state index contributed by atoms with van der Waals surface area (Å²) in [4.78, 5) is 29.7. The van der Waals surface area contributed by atoms with Crippen molar-refractivity contribution in [1.29, 1.82) is 0 Å². The number of nitrogens with one attached hydrogen (secondary N) is 1. The Morgan fingerprint density at radius 3 is 2.35 bits per heavy atom. The van der Waals surface area contributed by atoms with Gasteiger partial charge >= 0.3 is 0 Å². The summed E-state index contributed by atoms with van der Waals surface area (Å²) in [7, 11) is 1.63. The van der Waals surface area contributed by atoms with Gasteiger partial charge in [-0.15, -0.1) is 0 Å². The summed E-state index contributed by atoms with van der Waals surface area (Å²) < 4.78 is 6.15. The number of anilines is 2. The molecule has 1 saturated heterocycles. The van der Waals surface area contributed by atoms with Crippen molar-refractivity contribution in [2.24, 2.45) is 0 Å². The maximum absolute atomic E-state index is 13.4. The topological polar surface area (TPSA) is 61.9 Å². The van der Waals surface area contributed by atoms with Gasteiger partial charge in [-0.1, -0.05) is 46.3 Å². The number of hydrogen-bond donors (Lipinski definition) is 1.